The van der Waals surface area contributed by atoms with Crippen LogP contribution in [-0.2, 0) is 6.42 Å². The average molecular weight is 436 g/mol. The first-order valence-corrected chi connectivity index (χ1v) is 11.6. The molecule has 3 rings (SSSR count). The number of ether oxygens (including phenoxy) is 2. The van der Waals surface area contributed by atoms with E-state index in [1.165, 1.54) is 10.5 Å². The van der Waals surface area contributed by atoms with Gasteiger partial charge < -0.3 is 14.8 Å². The van der Waals surface area contributed by atoms with E-state index in [2.05, 4.69) is 23.5 Å². The summed E-state index contributed by atoms with van der Waals surface area (Å²) in [5.41, 5.74) is 1.81. The van der Waals surface area contributed by atoms with Gasteiger partial charge >= 0.3 is 0 Å². The number of thioether (sulfide) groups is 1. The Hall–Kier alpha value is -2.92. The van der Waals surface area contributed by atoms with Crippen LogP contribution in [-0.4, -0.2) is 31.4 Å². The molecule has 3 aromatic carbocycles. The fraction of sp³-hybridized carbons (Fsp3) is 0.269. The monoisotopic (exact) mass is 435 g/mol. The predicted molar refractivity (Wildman–Crippen MR) is 127 cm³/mol. The van der Waals surface area contributed by atoms with E-state index in [0.717, 1.165) is 30.1 Å². The van der Waals surface area contributed by atoms with Crippen LogP contribution in [0.3, 0.4) is 0 Å². The number of amides is 1. The van der Waals surface area contributed by atoms with Crippen LogP contribution in [0, 0.1) is 0 Å². The molecule has 1 amide bonds. The Labute approximate surface area is 189 Å². The summed E-state index contributed by atoms with van der Waals surface area (Å²) < 4.78 is 11.4. The van der Waals surface area contributed by atoms with Crippen LogP contribution in [0.5, 0.6) is 11.5 Å². The third-order valence-electron chi connectivity index (χ3n) is 4.66. The highest BCUT2D eigenvalue weighted by atomic mass is 32.2. The molecule has 0 aliphatic carbocycles. The Morgan fingerprint density at radius 2 is 1.65 bits per heavy atom. The van der Waals surface area contributed by atoms with E-state index >= 15 is 0 Å². The molecular formula is C26H29NO3S. The van der Waals surface area contributed by atoms with Gasteiger partial charge in [-0.1, -0.05) is 36.4 Å². The Morgan fingerprint density at radius 3 is 2.42 bits per heavy atom. The molecule has 4 nitrogen and oxygen atoms in total. The van der Waals surface area contributed by atoms with Crippen LogP contribution in [0.4, 0.5) is 0 Å². The first-order chi connectivity index (χ1) is 15.3. The highest BCUT2D eigenvalue weighted by Gasteiger charge is 2.06. The maximum atomic E-state index is 12.4. The van der Waals surface area contributed by atoms with Crippen molar-refractivity contribution in [3.63, 3.8) is 0 Å². The maximum absolute atomic E-state index is 12.4. The van der Waals surface area contributed by atoms with Crippen molar-refractivity contribution in [2.45, 2.75) is 24.7 Å². The van der Waals surface area contributed by atoms with Gasteiger partial charge in [-0.15, -0.1) is 11.8 Å². The van der Waals surface area contributed by atoms with E-state index in [0.29, 0.717) is 25.3 Å². The predicted octanol–water partition coefficient (Wildman–Crippen LogP) is 5.62. The number of carbonyl (C=O) groups is 1. The highest BCUT2D eigenvalue weighted by Crippen LogP contribution is 2.20. The number of benzene rings is 3. The lowest BCUT2D eigenvalue weighted by Gasteiger charge is -2.10. The smallest absolute Gasteiger partial charge is 0.251 e. The second-order valence-electron chi connectivity index (χ2n) is 6.93. The lowest BCUT2D eigenvalue weighted by molar-refractivity contribution is 0.0953. The van der Waals surface area contributed by atoms with Gasteiger partial charge in [-0.25, -0.2) is 0 Å². The van der Waals surface area contributed by atoms with Crippen molar-refractivity contribution in [1.82, 2.24) is 5.32 Å². The van der Waals surface area contributed by atoms with Crippen LogP contribution in [0.1, 0.15) is 29.3 Å². The number of nitrogens with one attached hydrogen (secondary N) is 1. The molecule has 31 heavy (non-hydrogen) atoms. The molecule has 0 fully saturated rings. The summed E-state index contributed by atoms with van der Waals surface area (Å²) in [7, 11) is 0. The molecule has 5 heteroatoms. The number of para-hydroxylation sites is 1. The summed E-state index contributed by atoms with van der Waals surface area (Å²) in [6, 6.07) is 25.6. The highest BCUT2D eigenvalue weighted by molar-refractivity contribution is 7.99. The molecule has 0 aliphatic rings. The van der Waals surface area contributed by atoms with E-state index in [1.807, 2.05) is 55.5 Å². The Bertz CT molecular complexity index is 929. The van der Waals surface area contributed by atoms with Crippen LogP contribution in [0.15, 0.2) is 83.8 Å². The van der Waals surface area contributed by atoms with E-state index in [-0.39, 0.29) is 5.91 Å². The maximum Gasteiger partial charge on any atom is 0.251 e. The number of rotatable bonds is 12. The Balaban J connectivity index is 1.36. The zero-order chi connectivity index (χ0) is 21.7. The van der Waals surface area contributed by atoms with E-state index in [1.54, 1.807) is 23.9 Å². The van der Waals surface area contributed by atoms with E-state index in [9.17, 15) is 4.79 Å². The summed E-state index contributed by atoms with van der Waals surface area (Å²) in [6.45, 7) is 3.87. The van der Waals surface area contributed by atoms with Crippen molar-refractivity contribution in [1.29, 1.82) is 0 Å². The van der Waals surface area contributed by atoms with Crippen molar-refractivity contribution >= 4 is 17.7 Å². The fourth-order valence-electron chi connectivity index (χ4n) is 3.13. The van der Waals surface area contributed by atoms with Crippen LogP contribution >= 0.6 is 11.8 Å². The number of hydrogen-bond donors (Lipinski definition) is 1. The normalized spacial score (nSPS) is 10.5. The molecule has 0 heterocycles. The largest absolute Gasteiger partial charge is 0.494 e. The second kappa shape index (κ2) is 12.7. The van der Waals surface area contributed by atoms with Gasteiger partial charge in [-0.05, 0) is 67.8 Å². The van der Waals surface area contributed by atoms with E-state index in [4.69, 9.17) is 9.47 Å². The fourth-order valence-corrected chi connectivity index (χ4v) is 3.88. The number of hydrogen-bond acceptors (Lipinski definition) is 4. The zero-order valence-corrected chi connectivity index (χ0v) is 18.7. The van der Waals surface area contributed by atoms with Crippen LogP contribution in [0.2, 0.25) is 0 Å². The van der Waals surface area contributed by atoms with Crippen molar-refractivity contribution in [3.05, 3.63) is 90.0 Å². The number of aryl methyl sites for hydroxylation is 1. The summed E-state index contributed by atoms with van der Waals surface area (Å²) in [6.07, 6.45) is 1.72. The van der Waals surface area contributed by atoms with Gasteiger partial charge in [0, 0.05) is 22.8 Å². The van der Waals surface area contributed by atoms with Gasteiger partial charge in [0.25, 0.3) is 5.91 Å². The minimum absolute atomic E-state index is 0.0655. The molecule has 0 bridgehead atoms. The van der Waals surface area contributed by atoms with Gasteiger partial charge in [-0.3, -0.25) is 4.79 Å². The lowest BCUT2D eigenvalue weighted by Crippen LogP contribution is -2.24. The standard InChI is InChI=1S/C26H29NO3S/c1-2-29-25-13-7-6-9-21(25)10-8-18-27-26(28)22-14-16-23(17-15-22)30-19-20-31-24-11-4-3-5-12-24/h3-7,9,11-17H,2,8,10,18-20H2,1H3,(H,27,28). The Morgan fingerprint density at radius 1 is 0.903 bits per heavy atom. The molecule has 0 saturated heterocycles. The summed E-state index contributed by atoms with van der Waals surface area (Å²) in [5, 5.41) is 2.99. The average Bonchev–Trinajstić information content (AvgIpc) is 2.82. The van der Waals surface area contributed by atoms with Gasteiger partial charge in [0.15, 0.2) is 0 Å². The molecule has 3 aromatic rings. The van der Waals surface area contributed by atoms with Crippen molar-refractivity contribution in [2.75, 3.05) is 25.5 Å². The topological polar surface area (TPSA) is 47.6 Å². The van der Waals surface area contributed by atoms with Gasteiger partial charge in [-0.2, -0.15) is 0 Å². The first kappa shape index (κ1) is 22.8. The minimum Gasteiger partial charge on any atom is -0.494 e. The molecule has 0 saturated carbocycles. The SMILES string of the molecule is CCOc1ccccc1CCCNC(=O)c1ccc(OCCSc2ccccc2)cc1. The number of carbonyl (C=O) groups excluding carboxylic acids is 1. The summed E-state index contributed by atoms with van der Waals surface area (Å²) in [4.78, 5) is 13.6. The molecule has 162 valence electrons. The quantitative estimate of drug-likeness (QED) is 0.296. The third kappa shape index (κ3) is 7.68. The van der Waals surface area contributed by atoms with Gasteiger partial charge in [0.05, 0.1) is 13.2 Å². The van der Waals surface area contributed by atoms with Crippen molar-refractivity contribution in [3.8, 4) is 11.5 Å². The van der Waals surface area contributed by atoms with Crippen LogP contribution < -0.4 is 14.8 Å². The van der Waals surface area contributed by atoms with Gasteiger partial charge in [0.2, 0.25) is 0 Å². The molecule has 0 unspecified atom stereocenters. The molecule has 0 atom stereocenters. The summed E-state index contributed by atoms with van der Waals surface area (Å²) in [5.74, 6) is 2.51. The first-order valence-electron chi connectivity index (χ1n) is 10.7. The van der Waals surface area contributed by atoms with Crippen molar-refractivity contribution in [2.24, 2.45) is 0 Å². The molecular weight excluding hydrogens is 406 g/mol. The second-order valence-corrected chi connectivity index (χ2v) is 8.10. The Kier molecular flexibility index (Phi) is 9.32. The molecule has 0 aliphatic heterocycles. The molecule has 0 aromatic heterocycles. The van der Waals surface area contributed by atoms with Crippen molar-refractivity contribution < 1.29 is 14.3 Å². The lowest BCUT2D eigenvalue weighted by atomic mass is 10.1. The zero-order valence-electron chi connectivity index (χ0n) is 17.9. The van der Waals surface area contributed by atoms with Gasteiger partial charge in [0.1, 0.15) is 11.5 Å². The minimum atomic E-state index is -0.0655. The third-order valence-corrected chi connectivity index (χ3v) is 5.64. The molecule has 1 N–H and O–H groups in total. The molecule has 0 spiro atoms. The van der Waals surface area contributed by atoms with Crippen LogP contribution in [0.25, 0.3) is 0 Å². The molecule has 0 radical (unpaired) electrons. The summed E-state index contributed by atoms with van der Waals surface area (Å²) >= 11 is 1.76. The van der Waals surface area contributed by atoms with E-state index < -0.39 is 0 Å².